The molecule has 3 nitrogen and oxygen atoms in total. The normalized spacial score (nSPS) is 26.4. The smallest absolute Gasteiger partial charge is 0.307 e. The van der Waals surface area contributed by atoms with Crippen LogP contribution in [-0.2, 0) is 4.79 Å². The average molecular weight is 260 g/mol. The summed E-state index contributed by atoms with van der Waals surface area (Å²) in [6.07, 6.45) is 1.29. The number of benzene rings is 1. The van der Waals surface area contributed by atoms with Gasteiger partial charge in [-0.05, 0) is 44.2 Å². The molecule has 0 spiro atoms. The lowest BCUT2D eigenvalue weighted by Crippen LogP contribution is -2.25. The quantitative estimate of drug-likeness (QED) is 0.849. The lowest BCUT2D eigenvalue weighted by molar-refractivity contribution is -0.142. The summed E-state index contributed by atoms with van der Waals surface area (Å²) in [6.45, 7) is 5.87. The van der Waals surface area contributed by atoms with Crippen LogP contribution in [0, 0.1) is 31.6 Å². The molecule has 0 saturated heterocycles. The van der Waals surface area contributed by atoms with E-state index in [2.05, 4.69) is 0 Å². The summed E-state index contributed by atoms with van der Waals surface area (Å²) in [6, 6.07) is 5.77. The molecular weight excluding hydrogens is 240 g/mol. The van der Waals surface area contributed by atoms with Gasteiger partial charge in [0.15, 0.2) is 5.78 Å². The predicted octanol–water partition coefficient (Wildman–Crippen LogP) is 3.23. The maximum Gasteiger partial charge on any atom is 0.307 e. The Balaban J connectivity index is 2.33. The second kappa shape index (κ2) is 5.16. The molecule has 0 bridgehead atoms. The highest BCUT2D eigenvalue weighted by Crippen LogP contribution is 2.38. The molecule has 0 radical (unpaired) electrons. The second-order valence-corrected chi connectivity index (χ2v) is 5.81. The van der Waals surface area contributed by atoms with Gasteiger partial charge in [-0.3, -0.25) is 9.59 Å². The Morgan fingerprint density at radius 1 is 1.16 bits per heavy atom. The standard InChI is InChI=1S/C16H20O3/c1-9-4-5-11(3)12(6-9)15(17)13-7-10(2)8-14(13)16(18)19/h4-6,10,13-14H,7-8H2,1-3H3,(H,18,19). The summed E-state index contributed by atoms with van der Waals surface area (Å²) in [4.78, 5) is 23.9. The van der Waals surface area contributed by atoms with Gasteiger partial charge in [-0.2, -0.15) is 0 Å². The summed E-state index contributed by atoms with van der Waals surface area (Å²) < 4.78 is 0. The third-order valence-electron chi connectivity index (χ3n) is 4.11. The molecule has 1 aromatic carbocycles. The lowest BCUT2D eigenvalue weighted by atomic mass is 9.86. The van der Waals surface area contributed by atoms with Crippen molar-refractivity contribution >= 4 is 11.8 Å². The molecule has 1 aliphatic carbocycles. The van der Waals surface area contributed by atoms with Gasteiger partial charge >= 0.3 is 5.97 Å². The number of hydrogen-bond acceptors (Lipinski definition) is 2. The first-order chi connectivity index (χ1) is 8.90. The second-order valence-electron chi connectivity index (χ2n) is 5.81. The van der Waals surface area contributed by atoms with Crippen molar-refractivity contribution in [1.82, 2.24) is 0 Å². The van der Waals surface area contributed by atoms with Crippen LogP contribution in [0.25, 0.3) is 0 Å². The Hall–Kier alpha value is -1.64. The summed E-state index contributed by atoms with van der Waals surface area (Å²) in [5.41, 5.74) is 2.65. The molecule has 102 valence electrons. The number of carboxylic acids is 1. The van der Waals surface area contributed by atoms with Gasteiger partial charge in [0, 0.05) is 11.5 Å². The molecule has 0 amide bonds. The number of hydrogen-bond donors (Lipinski definition) is 1. The van der Waals surface area contributed by atoms with E-state index in [9.17, 15) is 14.7 Å². The topological polar surface area (TPSA) is 54.4 Å². The molecule has 2 rings (SSSR count). The van der Waals surface area contributed by atoms with Crippen molar-refractivity contribution in [2.24, 2.45) is 17.8 Å². The molecule has 1 N–H and O–H groups in total. The van der Waals surface area contributed by atoms with E-state index in [0.717, 1.165) is 11.1 Å². The van der Waals surface area contributed by atoms with Crippen LogP contribution in [0.2, 0.25) is 0 Å². The highest BCUT2D eigenvalue weighted by atomic mass is 16.4. The van der Waals surface area contributed by atoms with Crippen molar-refractivity contribution in [3.63, 3.8) is 0 Å². The third-order valence-corrected chi connectivity index (χ3v) is 4.11. The van der Waals surface area contributed by atoms with Gasteiger partial charge < -0.3 is 5.11 Å². The molecule has 1 aliphatic rings. The molecule has 3 unspecified atom stereocenters. The van der Waals surface area contributed by atoms with E-state index in [1.54, 1.807) is 0 Å². The fraction of sp³-hybridized carbons (Fsp3) is 0.500. The molecule has 3 heteroatoms. The minimum atomic E-state index is -0.840. The number of carbonyl (C=O) groups excluding carboxylic acids is 1. The minimum absolute atomic E-state index is 0.00190. The van der Waals surface area contributed by atoms with E-state index in [4.69, 9.17) is 0 Å². The molecule has 0 aliphatic heterocycles. The van der Waals surface area contributed by atoms with E-state index in [0.29, 0.717) is 24.3 Å². The van der Waals surface area contributed by atoms with Gasteiger partial charge in [0.2, 0.25) is 0 Å². The van der Waals surface area contributed by atoms with Crippen molar-refractivity contribution in [3.05, 3.63) is 34.9 Å². The fourth-order valence-electron chi connectivity index (χ4n) is 3.06. The van der Waals surface area contributed by atoms with Gasteiger partial charge in [0.1, 0.15) is 0 Å². The number of Topliss-reactive ketones (excluding diaryl/α,β-unsaturated/α-hetero) is 1. The fourth-order valence-corrected chi connectivity index (χ4v) is 3.06. The molecule has 1 fully saturated rings. The first-order valence-corrected chi connectivity index (χ1v) is 6.74. The Morgan fingerprint density at radius 2 is 1.79 bits per heavy atom. The Bertz CT molecular complexity index is 519. The zero-order valence-electron chi connectivity index (χ0n) is 11.6. The number of carbonyl (C=O) groups is 2. The first kappa shape index (κ1) is 13.8. The number of carboxylic acid groups (broad SMARTS) is 1. The molecule has 3 atom stereocenters. The van der Waals surface area contributed by atoms with E-state index >= 15 is 0 Å². The molecule has 0 heterocycles. The molecule has 1 aromatic rings. The highest BCUT2D eigenvalue weighted by Gasteiger charge is 2.41. The zero-order valence-corrected chi connectivity index (χ0v) is 11.6. The monoisotopic (exact) mass is 260 g/mol. The Labute approximate surface area is 113 Å². The van der Waals surface area contributed by atoms with Crippen LogP contribution in [0.4, 0.5) is 0 Å². The average Bonchev–Trinajstić information content (AvgIpc) is 2.74. The third kappa shape index (κ3) is 2.70. The maximum atomic E-state index is 12.6. The Kier molecular flexibility index (Phi) is 3.74. The summed E-state index contributed by atoms with van der Waals surface area (Å²) in [5.74, 6) is -1.43. The number of ketones is 1. The van der Waals surface area contributed by atoms with Gasteiger partial charge in [-0.15, -0.1) is 0 Å². The summed E-state index contributed by atoms with van der Waals surface area (Å²) in [5, 5.41) is 9.27. The molecular formula is C16H20O3. The predicted molar refractivity (Wildman–Crippen MR) is 73.3 cm³/mol. The van der Waals surface area contributed by atoms with Crippen LogP contribution < -0.4 is 0 Å². The van der Waals surface area contributed by atoms with Crippen molar-refractivity contribution in [3.8, 4) is 0 Å². The zero-order chi connectivity index (χ0) is 14.2. The largest absolute Gasteiger partial charge is 0.481 e. The van der Waals surface area contributed by atoms with Gasteiger partial charge in [0.05, 0.1) is 5.92 Å². The van der Waals surface area contributed by atoms with Crippen LogP contribution in [0.3, 0.4) is 0 Å². The Morgan fingerprint density at radius 3 is 2.42 bits per heavy atom. The molecule has 1 saturated carbocycles. The number of aliphatic carboxylic acids is 1. The number of rotatable bonds is 3. The number of aryl methyl sites for hydroxylation is 2. The van der Waals surface area contributed by atoms with E-state index < -0.39 is 11.9 Å². The summed E-state index contributed by atoms with van der Waals surface area (Å²) >= 11 is 0. The van der Waals surface area contributed by atoms with Crippen LogP contribution in [0.5, 0.6) is 0 Å². The van der Waals surface area contributed by atoms with Crippen LogP contribution in [-0.4, -0.2) is 16.9 Å². The maximum absolute atomic E-state index is 12.6. The summed E-state index contributed by atoms with van der Waals surface area (Å²) in [7, 11) is 0. The van der Waals surface area contributed by atoms with Crippen LogP contribution in [0.1, 0.15) is 41.3 Å². The van der Waals surface area contributed by atoms with Crippen molar-refractivity contribution in [2.75, 3.05) is 0 Å². The van der Waals surface area contributed by atoms with E-state index in [-0.39, 0.29) is 11.7 Å². The highest BCUT2D eigenvalue weighted by molar-refractivity contribution is 6.01. The lowest BCUT2D eigenvalue weighted by Gasteiger charge is -2.16. The van der Waals surface area contributed by atoms with Crippen LogP contribution in [0.15, 0.2) is 18.2 Å². The van der Waals surface area contributed by atoms with Gasteiger partial charge in [-0.1, -0.05) is 24.6 Å². The van der Waals surface area contributed by atoms with E-state index in [1.165, 1.54) is 0 Å². The van der Waals surface area contributed by atoms with Crippen molar-refractivity contribution < 1.29 is 14.7 Å². The minimum Gasteiger partial charge on any atom is -0.481 e. The van der Waals surface area contributed by atoms with Crippen LogP contribution >= 0.6 is 0 Å². The first-order valence-electron chi connectivity index (χ1n) is 6.74. The molecule has 19 heavy (non-hydrogen) atoms. The molecule has 0 aromatic heterocycles. The van der Waals surface area contributed by atoms with Crippen molar-refractivity contribution in [2.45, 2.75) is 33.6 Å². The van der Waals surface area contributed by atoms with Gasteiger partial charge in [-0.25, -0.2) is 0 Å². The SMILES string of the molecule is Cc1ccc(C)c(C(=O)C2CC(C)CC2C(=O)O)c1. The van der Waals surface area contributed by atoms with Gasteiger partial charge in [0.25, 0.3) is 0 Å². The van der Waals surface area contributed by atoms with Crippen molar-refractivity contribution in [1.29, 1.82) is 0 Å². The van der Waals surface area contributed by atoms with E-state index in [1.807, 2.05) is 39.0 Å².